The summed E-state index contributed by atoms with van der Waals surface area (Å²) in [5.41, 5.74) is 6.78. The number of anilines is 2. The van der Waals surface area contributed by atoms with Crippen LogP contribution in [-0.4, -0.2) is 29.7 Å². The van der Waals surface area contributed by atoms with Gasteiger partial charge in [-0.2, -0.15) is 0 Å². The molecule has 3 aromatic carbocycles. The Kier molecular flexibility index (Phi) is 5.68. The smallest absolute Gasteiger partial charge is 0.255 e. The fraction of sp³-hybridized carbons (Fsp3) is 0.214. The van der Waals surface area contributed by atoms with Gasteiger partial charge in [-0.05, 0) is 62.7 Å². The largest absolute Gasteiger partial charge is 0.497 e. The summed E-state index contributed by atoms with van der Waals surface area (Å²) in [6.45, 7) is 5.93. The molecule has 1 atom stereocenters. The summed E-state index contributed by atoms with van der Waals surface area (Å²) in [6, 6.07) is 19.0. The standard InChI is InChI=1S/C28H28N4O3/c1-16-10-12-21(17(2)14-16)30-27(33)25-18(3)29-28-31-22-8-6-7-9-23(22)32(28)26(25)20-15-19(34-4)11-13-24(20)35-5/h6-15,26H,1-5H3,(H,29,31)(H,30,33)/t26-/m0/s1. The summed E-state index contributed by atoms with van der Waals surface area (Å²) in [7, 11) is 3.26. The van der Waals surface area contributed by atoms with Gasteiger partial charge in [0.25, 0.3) is 5.91 Å². The maximum absolute atomic E-state index is 13.9. The van der Waals surface area contributed by atoms with E-state index >= 15 is 0 Å². The number of carbonyl (C=O) groups is 1. The Morgan fingerprint density at radius 1 is 1.00 bits per heavy atom. The Labute approximate surface area is 204 Å². The van der Waals surface area contributed by atoms with Crippen molar-refractivity contribution >= 4 is 28.6 Å². The number of methoxy groups -OCH3 is 2. The highest BCUT2D eigenvalue weighted by molar-refractivity contribution is 6.07. The number of ether oxygens (including phenoxy) is 2. The Morgan fingerprint density at radius 3 is 2.54 bits per heavy atom. The molecule has 0 radical (unpaired) electrons. The number of nitrogens with zero attached hydrogens (tertiary/aromatic N) is 2. The summed E-state index contributed by atoms with van der Waals surface area (Å²) >= 11 is 0. The second-order valence-electron chi connectivity index (χ2n) is 8.74. The van der Waals surface area contributed by atoms with Gasteiger partial charge in [0.15, 0.2) is 0 Å². The minimum absolute atomic E-state index is 0.194. The summed E-state index contributed by atoms with van der Waals surface area (Å²) in [5, 5.41) is 6.49. The summed E-state index contributed by atoms with van der Waals surface area (Å²) in [5.74, 6) is 1.81. The van der Waals surface area contributed by atoms with Crippen LogP contribution in [0.5, 0.6) is 11.5 Å². The van der Waals surface area contributed by atoms with Crippen molar-refractivity contribution in [3.05, 3.63) is 88.6 Å². The first kappa shape index (κ1) is 22.5. The number of hydrogen-bond acceptors (Lipinski definition) is 5. The van der Waals surface area contributed by atoms with Crippen molar-refractivity contribution in [3.63, 3.8) is 0 Å². The molecule has 0 fully saturated rings. The average molecular weight is 469 g/mol. The molecule has 0 saturated heterocycles. The molecule has 0 bridgehead atoms. The van der Waals surface area contributed by atoms with Gasteiger partial charge in [0, 0.05) is 16.9 Å². The van der Waals surface area contributed by atoms with Crippen molar-refractivity contribution in [2.45, 2.75) is 26.8 Å². The van der Waals surface area contributed by atoms with Crippen LogP contribution in [0.15, 0.2) is 71.9 Å². The Hall–Kier alpha value is -4.26. The van der Waals surface area contributed by atoms with Gasteiger partial charge in [-0.1, -0.05) is 29.8 Å². The van der Waals surface area contributed by atoms with Gasteiger partial charge >= 0.3 is 0 Å². The first-order valence-corrected chi connectivity index (χ1v) is 11.5. The zero-order chi connectivity index (χ0) is 24.7. The zero-order valence-electron chi connectivity index (χ0n) is 20.5. The molecule has 4 aromatic rings. The molecule has 0 spiro atoms. The third-order valence-electron chi connectivity index (χ3n) is 6.44. The van der Waals surface area contributed by atoms with Crippen LogP contribution in [0.3, 0.4) is 0 Å². The lowest BCUT2D eigenvalue weighted by molar-refractivity contribution is -0.113. The van der Waals surface area contributed by atoms with Crippen molar-refractivity contribution in [3.8, 4) is 11.5 Å². The number of aryl methyl sites for hydroxylation is 2. The van der Waals surface area contributed by atoms with Crippen LogP contribution in [0.25, 0.3) is 11.0 Å². The van der Waals surface area contributed by atoms with Crippen molar-refractivity contribution < 1.29 is 14.3 Å². The number of para-hydroxylation sites is 2. The second-order valence-corrected chi connectivity index (χ2v) is 8.74. The monoisotopic (exact) mass is 468 g/mol. The molecule has 0 saturated carbocycles. The predicted molar refractivity (Wildman–Crippen MR) is 138 cm³/mol. The number of amides is 1. The van der Waals surface area contributed by atoms with E-state index in [2.05, 4.69) is 21.3 Å². The molecule has 35 heavy (non-hydrogen) atoms. The zero-order valence-corrected chi connectivity index (χ0v) is 20.5. The quantitative estimate of drug-likeness (QED) is 0.399. The van der Waals surface area contributed by atoms with E-state index in [1.807, 2.05) is 75.4 Å². The molecular weight excluding hydrogens is 440 g/mol. The van der Waals surface area contributed by atoms with Crippen LogP contribution >= 0.6 is 0 Å². The molecule has 2 N–H and O–H groups in total. The third-order valence-corrected chi connectivity index (χ3v) is 6.44. The Morgan fingerprint density at radius 2 is 1.80 bits per heavy atom. The van der Waals surface area contributed by atoms with Crippen molar-refractivity contribution in [2.75, 3.05) is 24.9 Å². The minimum atomic E-state index is -0.491. The fourth-order valence-corrected chi connectivity index (χ4v) is 4.75. The highest BCUT2D eigenvalue weighted by Crippen LogP contribution is 2.43. The molecule has 0 unspecified atom stereocenters. The Bertz CT molecular complexity index is 1490. The van der Waals surface area contributed by atoms with Crippen LogP contribution in [0.1, 0.15) is 29.7 Å². The number of nitrogens with one attached hydrogen (secondary N) is 2. The predicted octanol–water partition coefficient (Wildman–Crippen LogP) is 5.60. The number of hydrogen-bond donors (Lipinski definition) is 2. The molecule has 1 amide bonds. The van der Waals surface area contributed by atoms with Gasteiger partial charge in [0.1, 0.15) is 11.5 Å². The van der Waals surface area contributed by atoms with Gasteiger partial charge < -0.3 is 20.1 Å². The van der Waals surface area contributed by atoms with Crippen LogP contribution in [0, 0.1) is 13.8 Å². The average Bonchev–Trinajstić information content (AvgIpc) is 3.22. The molecule has 5 rings (SSSR count). The number of fused-ring (bicyclic) bond motifs is 3. The molecular formula is C28H28N4O3. The van der Waals surface area contributed by atoms with Crippen LogP contribution < -0.4 is 20.1 Å². The first-order chi connectivity index (χ1) is 16.9. The van der Waals surface area contributed by atoms with E-state index in [1.54, 1.807) is 14.2 Å². The summed E-state index contributed by atoms with van der Waals surface area (Å²) in [4.78, 5) is 18.7. The summed E-state index contributed by atoms with van der Waals surface area (Å²) in [6.07, 6.45) is 0. The lowest BCUT2D eigenvalue weighted by atomic mass is 9.93. The number of benzene rings is 3. The topological polar surface area (TPSA) is 77.4 Å². The van der Waals surface area contributed by atoms with E-state index in [1.165, 1.54) is 0 Å². The lowest BCUT2D eigenvalue weighted by Gasteiger charge is -2.31. The lowest BCUT2D eigenvalue weighted by Crippen LogP contribution is -2.31. The van der Waals surface area contributed by atoms with Crippen LogP contribution in [-0.2, 0) is 4.79 Å². The van der Waals surface area contributed by atoms with Gasteiger partial charge in [-0.3, -0.25) is 9.36 Å². The number of carbonyl (C=O) groups excluding carboxylic acids is 1. The normalized spacial score (nSPS) is 14.9. The van der Waals surface area contributed by atoms with Crippen molar-refractivity contribution in [1.29, 1.82) is 0 Å². The number of rotatable bonds is 5. The molecule has 7 heteroatoms. The third kappa shape index (κ3) is 3.89. The second kappa shape index (κ2) is 8.83. The van der Waals surface area contributed by atoms with E-state index in [9.17, 15) is 4.79 Å². The van der Waals surface area contributed by atoms with E-state index in [0.29, 0.717) is 23.0 Å². The SMILES string of the molecule is COc1ccc(OC)c([C@H]2C(C(=O)Nc3ccc(C)cc3C)=C(C)Nc3nc4ccccc4n32)c1. The number of allylic oxidation sites excluding steroid dienone is 1. The molecule has 7 nitrogen and oxygen atoms in total. The van der Waals surface area contributed by atoms with Crippen molar-refractivity contribution in [2.24, 2.45) is 0 Å². The van der Waals surface area contributed by atoms with Crippen molar-refractivity contribution in [1.82, 2.24) is 9.55 Å². The maximum Gasteiger partial charge on any atom is 0.255 e. The van der Waals surface area contributed by atoms with Gasteiger partial charge in [-0.15, -0.1) is 0 Å². The van der Waals surface area contributed by atoms with E-state index in [4.69, 9.17) is 14.5 Å². The van der Waals surface area contributed by atoms with Gasteiger partial charge in [0.05, 0.1) is 36.9 Å². The molecule has 178 valence electrons. The minimum Gasteiger partial charge on any atom is -0.497 e. The molecule has 2 heterocycles. The summed E-state index contributed by atoms with van der Waals surface area (Å²) < 4.78 is 13.3. The molecule has 1 aliphatic heterocycles. The molecule has 0 aliphatic carbocycles. The highest BCUT2D eigenvalue weighted by atomic mass is 16.5. The number of imidazole rings is 1. The van der Waals surface area contributed by atoms with Gasteiger partial charge in [0.2, 0.25) is 5.95 Å². The van der Waals surface area contributed by atoms with E-state index in [0.717, 1.165) is 39.1 Å². The van der Waals surface area contributed by atoms with Gasteiger partial charge in [-0.25, -0.2) is 4.98 Å². The number of aromatic nitrogens is 2. The molecule has 1 aliphatic rings. The van der Waals surface area contributed by atoms with E-state index in [-0.39, 0.29) is 5.91 Å². The van der Waals surface area contributed by atoms with E-state index < -0.39 is 6.04 Å². The van der Waals surface area contributed by atoms with Crippen LogP contribution in [0.4, 0.5) is 11.6 Å². The highest BCUT2D eigenvalue weighted by Gasteiger charge is 2.36. The fourth-order valence-electron chi connectivity index (χ4n) is 4.75. The first-order valence-electron chi connectivity index (χ1n) is 11.5. The molecule has 1 aromatic heterocycles. The van der Waals surface area contributed by atoms with Crippen LogP contribution in [0.2, 0.25) is 0 Å². The Balaban J connectivity index is 1.71. The maximum atomic E-state index is 13.9.